The molecule has 3 rings (SSSR count). The first-order chi connectivity index (χ1) is 12.8. The molecule has 0 aliphatic rings. The fraction of sp³-hybridized carbons (Fsp3) is 0.0556. The second-order valence-electron chi connectivity index (χ2n) is 5.64. The van der Waals surface area contributed by atoms with Gasteiger partial charge in [-0.2, -0.15) is 5.10 Å². The van der Waals surface area contributed by atoms with Crippen LogP contribution in [0.3, 0.4) is 0 Å². The third kappa shape index (κ3) is 3.97. The zero-order chi connectivity index (χ0) is 19.6. The van der Waals surface area contributed by atoms with E-state index < -0.39 is 35.0 Å². The summed E-state index contributed by atoms with van der Waals surface area (Å²) in [5.74, 6) is -6.32. The van der Waals surface area contributed by atoms with Crippen LogP contribution in [0, 0.1) is 24.4 Å². The first-order valence-corrected chi connectivity index (χ1v) is 7.73. The highest BCUT2D eigenvalue weighted by Gasteiger charge is 2.19. The third-order valence-electron chi connectivity index (χ3n) is 3.72. The van der Waals surface area contributed by atoms with Gasteiger partial charge in [0.2, 0.25) is 0 Å². The zero-order valence-electron chi connectivity index (χ0n) is 13.9. The molecule has 1 aromatic heterocycles. The maximum atomic E-state index is 13.5. The molecule has 9 heteroatoms. The number of aromatic nitrogens is 2. The number of halogens is 3. The van der Waals surface area contributed by atoms with Crippen molar-refractivity contribution < 1.29 is 22.8 Å². The van der Waals surface area contributed by atoms with Gasteiger partial charge in [-0.25, -0.2) is 13.2 Å². The molecule has 3 aromatic rings. The Kier molecular flexibility index (Phi) is 4.93. The second-order valence-corrected chi connectivity index (χ2v) is 5.64. The van der Waals surface area contributed by atoms with E-state index in [-0.39, 0.29) is 11.9 Å². The van der Waals surface area contributed by atoms with Crippen molar-refractivity contribution in [2.24, 2.45) is 0 Å². The van der Waals surface area contributed by atoms with E-state index >= 15 is 0 Å². The SMILES string of the molecule is Cc1ccccc1-c1cc(NC(=O)C(=O)Nc2cc(F)c(F)cc2F)n[nH]1. The zero-order valence-corrected chi connectivity index (χ0v) is 13.9. The van der Waals surface area contributed by atoms with Gasteiger partial charge >= 0.3 is 11.8 Å². The van der Waals surface area contributed by atoms with Crippen molar-refractivity contribution in [1.82, 2.24) is 10.2 Å². The number of benzene rings is 2. The third-order valence-corrected chi connectivity index (χ3v) is 3.72. The van der Waals surface area contributed by atoms with E-state index in [9.17, 15) is 22.8 Å². The summed E-state index contributed by atoms with van der Waals surface area (Å²) < 4.78 is 39.6. The van der Waals surface area contributed by atoms with Crippen molar-refractivity contribution in [2.45, 2.75) is 6.92 Å². The summed E-state index contributed by atoms with van der Waals surface area (Å²) in [6.45, 7) is 1.90. The molecule has 0 aliphatic heterocycles. The molecule has 0 aliphatic carbocycles. The minimum Gasteiger partial charge on any atom is -0.315 e. The number of carbonyl (C=O) groups is 2. The van der Waals surface area contributed by atoms with Crippen LogP contribution < -0.4 is 10.6 Å². The molecule has 6 nitrogen and oxygen atoms in total. The number of rotatable bonds is 3. The second kappa shape index (κ2) is 7.32. The summed E-state index contributed by atoms with van der Waals surface area (Å²) in [5.41, 5.74) is 1.80. The molecule has 3 N–H and O–H groups in total. The lowest BCUT2D eigenvalue weighted by molar-refractivity contribution is -0.133. The molecule has 0 saturated carbocycles. The molecule has 2 aromatic carbocycles. The molecule has 0 bridgehead atoms. The van der Waals surface area contributed by atoms with Crippen LogP contribution in [0.25, 0.3) is 11.3 Å². The highest BCUT2D eigenvalue weighted by atomic mass is 19.2. The lowest BCUT2D eigenvalue weighted by atomic mass is 10.1. The number of aryl methyl sites for hydroxylation is 1. The van der Waals surface area contributed by atoms with E-state index in [1.54, 1.807) is 0 Å². The Bertz CT molecular complexity index is 1030. The van der Waals surface area contributed by atoms with E-state index in [4.69, 9.17) is 0 Å². The van der Waals surface area contributed by atoms with E-state index in [0.717, 1.165) is 11.1 Å². The van der Waals surface area contributed by atoms with Gasteiger partial charge in [0.1, 0.15) is 5.82 Å². The van der Waals surface area contributed by atoms with Crippen molar-refractivity contribution in [3.8, 4) is 11.3 Å². The summed E-state index contributed by atoms with van der Waals surface area (Å²) in [4.78, 5) is 23.8. The predicted molar refractivity (Wildman–Crippen MR) is 92.3 cm³/mol. The van der Waals surface area contributed by atoms with Crippen LogP contribution in [-0.2, 0) is 9.59 Å². The molecule has 1 heterocycles. The van der Waals surface area contributed by atoms with Crippen LogP contribution in [0.2, 0.25) is 0 Å². The Hall–Kier alpha value is -3.62. The van der Waals surface area contributed by atoms with E-state index in [1.165, 1.54) is 6.07 Å². The number of nitrogens with zero attached hydrogens (tertiary/aromatic N) is 1. The van der Waals surface area contributed by atoms with Gasteiger partial charge in [0.15, 0.2) is 17.5 Å². The van der Waals surface area contributed by atoms with Crippen LogP contribution in [0.4, 0.5) is 24.7 Å². The molecule has 0 fully saturated rings. The molecule has 0 radical (unpaired) electrons. The van der Waals surface area contributed by atoms with Gasteiger partial charge in [-0.3, -0.25) is 14.7 Å². The molecular weight excluding hydrogens is 361 g/mol. The van der Waals surface area contributed by atoms with Crippen LogP contribution in [0.15, 0.2) is 42.5 Å². The monoisotopic (exact) mass is 374 g/mol. The molecule has 0 saturated heterocycles. The lowest BCUT2D eigenvalue weighted by Crippen LogP contribution is -2.29. The highest BCUT2D eigenvalue weighted by molar-refractivity contribution is 6.43. The van der Waals surface area contributed by atoms with E-state index in [0.29, 0.717) is 11.8 Å². The maximum Gasteiger partial charge on any atom is 0.315 e. The Morgan fingerprint density at radius 2 is 1.59 bits per heavy atom. The number of H-pyrrole nitrogens is 1. The average Bonchev–Trinajstić information content (AvgIpc) is 3.08. The molecule has 27 heavy (non-hydrogen) atoms. The fourth-order valence-corrected chi connectivity index (χ4v) is 2.37. The summed E-state index contributed by atoms with van der Waals surface area (Å²) in [6.07, 6.45) is 0. The number of amides is 2. The summed E-state index contributed by atoms with van der Waals surface area (Å²) in [6, 6.07) is 9.70. The number of anilines is 2. The standard InChI is InChI=1S/C18H13F3N4O2/c1-9-4-2-3-5-10(9)14-8-16(25-24-14)23-18(27)17(26)22-15-7-12(20)11(19)6-13(15)21/h2-8H,1H3,(H,22,26)(H2,23,24,25,27). The first-order valence-electron chi connectivity index (χ1n) is 7.73. The van der Waals surface area contributed by atoms with Gasteiger partial charge in [0.05, 0.1) is 11.4 Å². The van der Waals surface area contributed by atoms with E-state index in [2.05, 4.69) is 15.5 Å². The molecular formula is C18H13F3N4O2. The van der Waals surface area contributed by atoms with Crippen LogP contribution >= 0.6 is 0 Å². The van der Waals surface area contributed by atoms with Gasteiger partial charge < -0.3 is 10.6 Å². The van der Waals surface area contributed by atoms with E-state index in [1.807, 2.05) is 36.5 Å². The van der Waals surface area contributed by atoms with Crippen molar-refractivity contribution in [2.75, 3.05) is 10.6 Å². The summed E-state index contributed by atoms with van der Waals surface area (Å²) in [5, 5.41) is 10.7. The summed E-state index contributed by atoms with van der Waals surface area (Å²) in [7, 11) is 0. The smallest absolute Gasteiger partial charge is 0.315 e. The molecule has 0 spiro atoms. The van der Waals surface area contributed by atoms with Gasteiger partial charge in [-0.05, 0) is 12.5 Å². The molecule has 0 atom stereocenters. The number of aromatic amines is 1. The normalized spacial score (nSPS) is 10.5. The quantitative estimate of drug-likeness (QED) is 0.485. The maximum absolute atomic E-state index is 13.5. The fourth-order valence-electron chi connectivity index (χ4n) is 2.37. The Labute approximate surface area is 151 Å². The van der Waals surface area contributed by atoms with Gasteiger partial charge in [-0.15, -0.1) is 0 Å². The largest absolute Gasteiger partial charge is 0.315 e. The minimum absolute atomic E-state index is 0.0687. The van der Waals surface area contributed by atoms with Crippen LogP contribution in [0.5, 0.6) is 0 Å². The van der Waals surface area contributed by atoms with Gasteiger partial charge in [0, 0.05) is 23.8 Å². The molecule has 2 amide bonds. The number of carbonyl (C=O) groups excluding carboxylic acids is 2. The highest BCUT2D eigenvalue weighted by Crippen LogP contribution is 2.23. The first kappa shape index (κ1) is 18.2. The van der Waals surface area contributed by atoms with Crippen molar-refractivity contribution in [3.63, 3.8) is 0 Å². The number of hydrogen-bond acceptors (Lipinski definition) is 3. The minimum atomic E-state index is -1.41. The van der Waals surface area contributed by atoms with Crippen LogP contribution in [-0.4, -0.2) is 22.0 Å². The summed E-state index contributed by atoms with van der Waals surface area (Å²) >= 11 is 0. The van der Waals surface area contributed by atoms with Gasteiger partial charge in [0.25, 0.3) is 0 Å². The Balaban J connectivity index is 1.70. The topological polar surface area (TPSA) is 86.9 Å². The lowest BCUT2D eigenvalue weighted by Gasteiger charge is -2.06. The molecule has 138 valence electrons. The van der Waals surface area contributed by atoms with Crippen molar-refractivity contribution >= 4 is 23.3 Å². The van der Waals surface area contributed by atoms with Gasteiger partial charge in [-0.1, -0.05) is 24.3 Å². The average molecular weight is 374 g/mol. The van der Waals surface area contributed by atoms with Crippen LogP contribution in [0.1, 0.15) is 5.56 Å². The Morgan fingerprint density at radius 3 is 2.33 bits per heavy atom. The Morgan fingerprint density at radius 1 is 0.926 bits per heavy atom. The van der Waals surface area contributed by atoms with Crippen molar-refractivity contribution in [1.29, 1.82) is 0 Å². The molecule has 0 unspecified atom stereocenters. The predicted octanol–water partition coefficient (Wildman–Crippen LogP) is 3.38. The van der Waals surface area contributed by atoms with Crippen molar-refractivity contribution in [3.05, 3.63) is 65.5 Å². The number of nitrogens with one attached hydrogen (secondary N) is 3. The number of hydrogen-bond donors (Lipinski definition) is 3.